The number of carbonyl (C=O) groups excluding carboxylic acids is 1. The largest absolute Gasteiger partial charge is 0.481 e. The molecule has 1 aliphatic rings. The molecule has 6 nitrogen and oxygen atoms in total. The molecule has 1 saturated heterocycles. The summed E-state index contributed by atoms with van der Waals surface area (Å²) >= 11 is 5.82. The van der Waals surface area contributed by atoms with Crippen LogP contribution in [0.25, 0.3) is 0 Å². The number of carboxylic acids is 1. The van der Waals surface area contributed by atoms with Crippen LogP contribution in [0, 0.1) is 11.8 Å². The van der Waals surface area contributed by atoms with Crippen LogP contribution in [-0.4, -0.2) is 52.1 Å². The molecular formula is C16H21BClNO5. The van der Waals surface area contributed by atoms with Gasteiger partial charge in [0.05, 0.1) is 12.3 Å². The maximum Gasteiger partial charge on any atom is 0.451 e. The third-order valence-corrected chi connectivity index (χ3v) is 4.67. The number of hydrogen-bond donors (Lipinski definition) is 3. The maximum absolute atomic E-state index is 12.4. The highest BCUT2D eigenvalue weighted by molar-refractivity contribution is 6.40. The number of carboxylic acid groups (broad SMARTS) is 1. The molecule has 1 unspecified atom stereocenters. The summed E-state index contributed by atoms with van der Waals surface area (Å²) in [5.74, 6) is -1.77. The summed E-state index contributed by atoms with van der Waals surface area (Å²) in [6.45, 7) is 0.596. The molecule has 24 heavy (non-hydrogen) atoms. The zero-order valence-corrected chi connectivity index (χ0v) is 14.0. The summed E-state index contributed by atoms with van der Waals surface area (Å²) in [5, 5.41) is 27.7. The van der Waals surface area contributed by atoms with Gasteiger partial charge in [0.1, 0.15) is 0 Å². The summed E-state index contributed by atoms with van der Waals surface area (Å²) in [7, 11) is -1.38. The lowest BCUT2D eigenvalue weighted by Gasteiger charge is -2.16. The smallest absolute Gasteiger partial charge is 0.451 e. The minimum Gasteiger partial charge on any atom is -0.481 e. The van der Waals surface area contributed by atoms with E-state index in [-0.39, 0.29) is 31.1 Å². The van der Waals surface area contributed by atoms with Crippen molar-refractivity contribution in [3.63, 3.8) is 0 Å². The number of aliphatic carboxylic acids is 1. The minimum absolute atomic E-state index is 0.103. The lowest BCUT2D eigenvalue weighted by atomic mass is 9.80. The van der Waals surface area contributed by atoms with E-state index in [1.165, 1.54) is 0 Å². The maximum atomic E-state index is 12.4. The number of amides is 1. The second-order valence-electron chi connectivity index (χ2n) is 6.22. The number of carbonyl (C=O) groups is 2. The van der Waals surface area contributed by atoms with E-state index in [1.54, 1.807) is 29.2 Å². The normalized spacial score (nSPS) is 20.2. The van der Waals surface area contributed by atoms with E-state index in [9.17, 15) is 14.7 Å². The van der Waals surface area contributed by atoms with Gasteiger partial charge in [-0.15, -0.1) is 0 Å². The molecule has 0 bridgehead atoms. The first-order valence-corrected chi connectivity index (χ1v) is 8.35. The summed E-state index contributed by atoms with van der Waals surface area (Å²) in [6.07, 6.45) is 1.50. The molecule has 1 aliphatic heterocycles. The predicted octanol–water partition coefficient (Wildman–Crippen LogP) is 1.29. The Kier molecular flexibility index (Phi) is 6.65. The second kappa shape index (κ2) is 8.51. The van der Waals surface area contributed by atoms with Gasteiger partial charge in [0, 0.05) is 18.1 Å². The average Bonchev–Trinajstić information content (AvgIpc) is 2.94. The molecule has 130 valence electrons. The molecule has 1 aromatic carbocycles. The van der Waals surface area contributed by atoms with Gasteiger partial charge in [0.25, 0.3) is 0 Å². The molecule has 1 aromatic rings. The number of likely N-dealkylation sites (tertiary alicyclic amines) is 1. The van der Waals surface area contributed by atoms with Gasteiger partial charge >= 0.3 is 13.1 Å². The van der Waals surface area contributed by atoms with Crippen molar-refractivity contribution in [2.24, 2.45) is 11.8 Å². The summed E-state index contributed by atoms with van der Waals surface area (Å²) in [4.78, 5) is 25.4. The van der Waals surface area contributed by atoms with Crippen LogP contribution < -0.4 is 0 Å². The molecule has 2 rings (SSSR count). The minimum atomic E-state index is -1.38. The highest BCUT2D eigenvalue weighted by Crippen LogP contribution is 2.29. The van der Waals surface area contributed by atoms with E-state index in [1.807, 2.05) is 0 Å². The Labute approximate surface area is 146 Å². The van der Waals surface area contributed by atoms with Gasteiger partial charge in [-0.05, 0) is 36.4 Å². The van der Waals surface area contributed by atoms with Crippen LogP contribution in [0.1, 0.15) is 18.4 Å². The van der Waals surface area contributed by atoms with Gasteiger partial charge < -0.3 is 20.1 Å². The molecule has 8 heteroatoms. The predicted molar refractivity (Wildman–Crippen MR) is 90.6 cm³/mol. The van der Waals surface area contributed by atoms with E-state index >= 15 is 0 Å². The van der Waals surface area contributed by atoms with Crippen molar-refractivity contribution in [2.45, 2.75) is 25.6 Å². The van der Waals surface area contributed by atoms with Gasteiger partial charge in [-0.3, -0.25) is 9.59 Å². The van der Waals surface area contributed by atoms with Gasteiger partial charge in [-0.2, -0.15) is 0 Å². The summed E-state index contributed by atoms with van der Waals surface area (Å²) in [6, 6.07) is 7.00. The van der Waals surface area contributed by atoms with Crippen molar-refractivity contribution in [1.29, 1.82) is 0 Å². The first kappa shape index (κ1) is 18.8. The molecule has 2 atom stereocenters. The van der Waals surface area contributed by atoms with Gasteiger partial charge in [0.2, 0.25) is 5.91 Å². The monoisotopic (exact) mass is 353 g/mol. The molecular weight excluding hydrogens is 332 g/mol. The Morgan fingerprint density at radius 2 is 1.88 bits per heavy atom. The molecule has 1 heterocycles. The average molecular weight is 354 g/mol. The number of nitrogens with zero attached hydrogens (tertiary/aromatic N) is 1. The van der Waals surface area contributed by atoms with E-state index in [0.29, 0.717) is 24.4 Å². The molecule has 0 aliphatic carbocycles. The van der Waals surface area contributed by atoms with Gasteiger partial charge in [0.15, 0.2) is 0 Å². The van der Waals surface area contributed by atoms with Crippen LogP contribution in [0.3, 0.4) is 0 Å². The third kappa shape index (κ3) is 5.23. The number of hydrogen-bond acceptors (Lipinski definition) is 4. The van der Waals surface area contributed by atoms with Crippen LogP contribution in [-0.2, 0) is 16.0 Å². The van der Waals surface area contributed by atoms with Crippen molar-refractivity contribution < 1.29 is 24.7 Å². The Bertz CT molecular complexity index is 580. The zero-order valence-electron chi connectivity index (χ0n) is 13.3. The first-order valence-electron chi connectivity index (χ1n) is 7.98. The van der Waals surface area contributed by atoms with Crippen LogP contribution >= 0.6 is 11.6 Å². The van der Waals surface area contributed by atoms with E-state index < -0.39 is 19.0 Å². The molecule has 0 saturated carbocycles. The third-order valence-electron chi connectivity index (χ3n) is 4.42. The molecule has 0 spiro atoms. The van der Waals surface area contributed by atoms with E-state index in [2.05, 4.69) is 0 Å². The fraction of sp³-hybridized carbons (Fsp3) is 0.500. The molecule has 0 radical (unpaired) electrons. The lowest BCUT2D eigenvalue weighted by molar-refractivity contribution is -0.142. The molecule has 0 aromatic heterocycles. The molecule has 1 amide bonds. The van der Waals surface area contributed by atoms with Crippen molar-refractivity contribution >= 4 is 30.6 Å². The summed E-state index contributed by atoms with van der Waals surface area (Å²) in [5.41, 5.74) is 0.836. The Morgan fingerprint density at radius 1 is 1.21 bits per heavy atom. The quantitative estimate of drug-likeness (QED) is 0.642. The van der Waals surface area contributed by atoms with Crippen LogP contribution in [0.2, 0.25) is 11.3 Å². The number of halogens is 1. The Balaban J connectivity index is 1.94. The number of rotatable bonds is 7. The molecule has 1 fully saturated rings. The van der Waals surface area contributed by atoms with Crippen molar-refractivity contribution in [3.05, 3.63) is 34.9 Å². The van der Waals surface area contributed by atoms with Crippen LogP contribution in [0.15, 0.2) is 24.3 Å². The topological polar surface area (TPSA) is 98.1 Å². The zero-order chi connectivity index (χ0) is 17.7. The lowest BCUT2D eigenvalue weighted by Crippen LogP contribution is -2.31. The van der Waals surface area contributed by atoms with Crippen molar-refractivity contribution in [1.82, 2.24) is 4.90 Å². The highest BCUT2D eigenvalue weighted by atomic mass is 35.5. The van der Waals surface area contributed by atoms with E-state index in [4.69, 9.17) is 21.6 Å². The number of benzene rings is 1. The summed E-state index contributed by atoms with van der Waals surface area (Å²) < 4.78 is 0. The van der Waals surface area contributed by atoms with Crippen LogP contribution in [0.4, 0.5) is 0 Å². The fourth-order valence-corrected chi connectivity index (χ4v) is 3.22. The fourth-order valence-electron chi connectivity index (χ4n) is 3.10. The standard InChI is InChI=1S/C16H21BClNO5/c18-13-5-3-11(4-6-13)8-15(20)19-9-12(2-1-7-17(23)24)14(10-19)16(21)22/h3-6,12,14,23-24H,1-2,7-10H2,(H,21,22)/t12?,14-/m1/s1. The van der Waals surface area contributed by atoms with Crippen molar-refractivity contribution in [3.8, 4) is 0 Å². The Morgan fingerprint density at radius 3 is 2.46 bits per heavy atom. The SMILES string of the molecule is O=C(O)[C@@H]1CN(C(=O)Cc2ccc(Cl)cc2)CC1CCCB(O)O. The van der Waals surface area contributed by atoms with E-state index in [0.717, 1.165) is 5.56 Å². The van der Waals surface area contributed by atoms with Gasteiger partial charge in [-0.25, -0.2) is 0 Å². The second-order valence-corrected chi connectivity index (χ2v) is 6.65. The Hall–Kier alpha value is -1.57. The van der Waals surface area contributed by atoms with Crippen LogP contribution in [0.5, 0.6) is 0 Å². The van der Waals surface area contributed by atoms with Gasteiger partial charge in [-0.1, -0.05) is 30.2 Å². The van der Waals surface area contributed by atoms with Crippen molar-refractivity contribution in [2.75, 3.05) is 13.1 Å². The molecule has 3 N–H and O–H groups in total. The first-order chi connectivity index (χ1) is 11.4. The highest BCUT2D eigenvalue weighted by Gasteiger charge is 2.39.